The summed E-state index contributed by atoms with van der Waals surface area (Å²) in [5, 5.41) is 3.27. The van der Waals surface area contributed by atoms with Gasteiger partial charge in [-0.2, -0.15) is 4.31 Å². The second kappa shape index (κ2) is 5.05. The van der Waals surface area contributed by atoms with E-state index in [-0.39, 0.29) is 9.79 Å². The Hall–Kier alpha value is -0.960. The first-order valence-electron chi connectivity index (χ1n) is 6.79. The van der Waals surface area contributed by atoms with E-state index in [2.05, 4.69) is 5.32 Å². The first kappa shape index (κ1) is 15.0. The maximum absolute atomic E-state index is 12.6. The summed E-state index contributed by atoms with van der Waals surface area (Å²) in [7, 11) is -6.85. The summed E-state index contributed by atoms with van der Waals surface area (Å²) < 4.78 is 49.5. The molecule has 0 aromatic heterocycles. The molecule has 8 heteroatoms. The van der Waals surface area contributed by atoms with Gasteiger partial charge in [-0.05, 0) is 49.2 Å². The van der Waals surface area contributed by atoms with Gasteiger partial charge in [0, 0.05) is 19.3 Å². The number of rotatable bonds is 3. The smallest absolute Gasteiger partial charge is 0.243 e. The SMILES string of the molecule is CS(=O)(=O)c1ccc(S(=O)(=O)N2C[C@H]3CNC[C@H]3C2)cc1. The molecule has 116 valence electrons. The van der Waals surface area contributed by atoms with E-state index in [1.165, 1.54) is 28.6 Å². The van der Waals surface area contributed by atoms with Gasteiger partial charge in [-0.15, -0.1) is 0 Å². The molecule has 1 N–H and O–H groups in total. The van der Waals surface area contributed by atoms with Gasteiger partial charge in [0.2, 0.25) is 10.0 Å². The zero-order chi connectivity index (χ0) is 15.3. The van der Waals surface area contributed by atoms with Crippen molar-refractivity contribution in [3.05, 3.63) is 24.3 Å². The number of nitrogens with one attached hydrogen (secondary N) is 1. The maximum Gasteiger partial charge on any atom is 0.243 e. The van der Waals surface area contributed by atoms with Crippen LogP contribution in [0.15, 0.2) is 34.1 Å². The van der Waals surface area contributed by atoms with Gasteiger partial charge in [0.1, 0.15) is 0 Å². The summed E-state index contributed by atoms with van der Waals surface area (Å²) in [6.07, 6.45) is 1.10. The van der Waals surface area contributed by atoms with Crippen molar-refractivity contribution in [3.8, 4) is 0 Å². The standard InChI is InChI=1S/C13H18N2O4S2/c1-20(16,17)12-2-4-13(5-3-12)21(18,19)15-8-10-6-14-7-11(10)9-15/h2-5,10-11,14H,6-9H2,1H3/t10-,11+. The van der Waals surface area contributed by atoms with Crippen LogP contribution in [0.25, 0.3) is 0 Å². The highest BCUT2D eigenvalue weighted by molar-refractivity contribution is 7.90. The fraction of sp³-hybridized carbons (Fsp3) is 0.538. The van der Waals surface area contributed by atoms with E-state index in [0.29, 0.717) is 24.9 Å². The van der Waals surface area contributed by atoms with Crippen molar-refractivity contribution in [2.45, 2.75) is 9.79 Å². The van der Waals surface area contributed by atoms with Crippen LogP contribution in [0.5, 0.6) is 0 Å². The zero-order valence-corrected chi connectivity index (χ0v) is 13.3. The number of fused-ring (bicyclic) bond motifs is 1. The fourth-order valence-corrected chi connectivity index (χ4v) is 5.20. The van der Waals surface area contributed by atoms with Crippen LogP contribution in [0.4, 0.5) is 0 Å². The molecule has 6 nitrogen and oxygen atoms in total. The lowest BCUT2D eigenvalue weighted by molar-refractivity contribution is 0.448. The summed E-state index contributed by atoms with van der Waals surface area (Å²) in [5.41, 5.74) is 0. The Kier molecular flexibility index (Phi) is 3.59. The number of hydrogen-bond donors (Lipinski definition) is 1. The molecule has 0 aliphatic carbocycles. The average molecular weight is 330 g/mol. The largest absolute Gasteiger partial charge is 0.316 e. The summed E-state index contributed by atoms with van der Waals surface area (Å²) >= 11 is 0. The van der Waals surface area contributed by atoms with Crippen molar-refractivity contribution in [1.29, 1.82) is 0 Å². The van der Waals surface area contributed by atoms with E-state index in [1.54, 1.807) is 0 Å². The first-order chi connectivity index (χ1) is 9.78. The quantitative estimate of drug-likeness (QED) is 0.839. The topological polar surface area (TPSA) is 83.5 Å². The molecule has 21 heavy (non-hydrogen) atoms. The minimum absolute atomic E-state index is 0.129. The third-order valence-electron chi connectivity index (χ3n) is 4.25. The molecule has 0 unspecified atom stereocenters. The molecule has 2 heterocycles. The number of benzene rings is 1. The first-order valence-corrected chi connectivity index (χ1v) is 10.1. The highest BCUT2D eigenvalue weighted by Crippen LogP contribution is 2.30. The zero-order valence-electron chi connectivity index (χ0n) is 11.7. The highest BCUT2D eigenvalue weighted by Gasteiger charge is 2.41. The predicted octanol–water partition coefficient (Wildman–Crippen LogP) is -0.0700. The Morgan fingerprint density at radius 1 is 0.952 bits per heavy atom. The third kappa shape index (κ3) is 2.73. The average Bonchev–Trinajstić information content (AvgIpc) is 2.98. The molecule has 2 atom stereocenters. The number of sulfone groups is 1. The Bertz CT molecular complexity index is 729. The van der Waals surface area contributed by atoms with E-state index in [0.717, 1.165) is 19.3 Å². The van der Waals surface area contributed by atoms with Gasteiger partial charge in [-0.3, -0.25) is 0 Å². The molecule has 1 aromatic carbocycles. The molecule has 0 bridgehead atoms. The van der Waals surface area contributed by atoms with E-state index in [1.807, 2.05) is 0 Å². The van der Waals surface area contributed by atoms with Crippen molar-refractivity contribution in [1.82, 2.24) is 9.62 Å². The Balaban J connectivity index is 1.85. The van der Waals surface area contributed by atoms with Gasteiger partial charge in [-0.25, -0.2) is 16.8 Å². The Morgan fingerprint density at radius 2 is 1.43 bits per heavy atom. The van der Waals surface area contributed by atoms with Crippen LogP contribution in [0, 0.1) is 11.8 Å². The fourth-order valence-electron chi connectivity index (χ4n) is 3.02. The predicted molar refractivity (Wildman–Crippen MR) is 78.2 cm³/mol. The van der Waals surface area contributed by atoms with Gasteiger partial charge >= 0.3 is 0 Å². The molecule has 0 spiro atoms. The van der Waals surface area contributed by atoms with E-state index in [4.69, 9.17) is 0 Å². The van der Waals surface area contributed by atoms with Crippen LogP contribution in [0.1, 0.15) is 0 Å². The monoisotopic (exact) mass is 330 g/mol. The third-order valence-corrected chi connectivity index (χ3v) is 7.22. The minimum Gasteiger partial charge on any atom is -0.316 e. The molecular weight excluding hydrogens is 312 g/mol. The van der Waals surface area contributed by atoms with Crippen molar-refractivity contribution < 1.29 is 16.8 Å². The summed E-state index contributed by atoms with van der Waals surface area (Å²) in [4.78, 5) is 0.284. The molecule has 0 amide bonds. The van der Waals surface area contributed by atoms with Crippen molar-refractivity contribution >= 4 is 19.9 Å². The summed E-state index contributed by atoms with van der Waals surface area (Å²) in [6, 6.07) is 5.44. The second-order valence-electron chi connectivity index (χ2n) is 5.74. The maximum atomic E-state index is 12.6. The molecule has 0 radical (unpaired) electrons. The molecule has 2 fully saturated rings. The van der Waals surface area contributed by atoms with Crippen molar-refractivity contribution in [2.24, 2.45) is 11.8 Å². The van der Waals surface area contributed by atoms with Crippen LogP contribution in [0.2, 0.25) is 0 Å². The molecule has 1 aromatic rings. The van der Waals surface area contributed by atoms with Crippen LogP contribution in [-0.4, -0.2) is 53.6 Å². The molecule has 2 aliphatic rings. The van der Waals surface area contributed by atoms with E-state index < -0.39 is 19.9 Å². The number of sulfonamides is 1. The van der Waals surface area contributed by atoms with Gasteiger partial charge < -0.3 is 5.32 Å². The lowest BCUT2D eigenvalue weighted by Gasteiger charge is -2.17. The van der Waals surface area contributed by atoms with E-state index >= 15 is 0 Å². The lowest BCUT2D eigenvalue weighted by Crippen LogP contribution is -2.31. The molecule has 2 saturated heterocycles. The summed E-state index contributed by atoms with van der Waals surface area (Å²) in [5.74, 6) is 0.769. The highest BCUT2D eigenvalue weighted by atomic mass is 32.2. The van der Waals surface area contributed by atoms with Crippen molar-refractivity contribution in [2.75, 3.05) is 32.4 Å². The number of hydrogen-bond acceptors (Lipinski definition) is 5. The Labute approximate surface area is 125 Å². The van der Waals surface area contributed by atoms with Gasteiger partial charge in [0.25, 0.3) is 0 Å². The molecule has 0 saturated carbocycles. The minimum atomic E-state index is -3.53. The van der Waals surface area contributed by atoms with Gasteiger partial charge in [-0.1, -0.05) is 0 Å². The van der Waals surface area contributed by atoms with Gasteiger partial charge in [0.15, 0.2) is 9.84 Å². The van der Waals surface area contributed by atoms with Crippen molar-refractivity contribution in [3.63, 3.8) is 0 Å². The Morgan fingerprint density at radius 3 is 1.90 bits per heavy atom. The summed E-state index contributed by atoms with van der Waals surface area (Å²) in [6.45, 7) is 2.80. The second-order valence-corrected chi connectivity index (χ2v) is 9.70. The van der Waals surface area contributed by atoms with E-state index in [9.17, 15) is 16.8 Å². The van der Waals surface area contributed by atoms with Crippen LogP contribution in [0.3, 0.4) is 0 Å². The normalized spacial score (nSPS) is 26.9. The van der Waals surface area contributed by atoms with Gasteiger partial charge in [0.05, 0.1) is 9.79 Å². The van der Waals surface area contributed by atoms with Crippen LogP contribution in [-0.2, 0) is 19.9 Å². The number of nitrogens with zero attached hydrogens (tertiary/aromatic N) is 1. The van der Waals surface area contributed by atoms with Crippen LogP contribution >= 0.6 is 0 Å². The lowest BCUT2D eigenvalue weighted by atomic mass is 10.0. The molecular formula is C13H18N2O4S2. The van der Waals surface area contributed by atoms with Crippen LogP contribution < -0.4 is 5.32 Å². The molecule has 3 rings (SSSR count). The molecule has 2 aliphatic heterocycles.